The van der Waals surface area contributed by atoms with E-state index in [1.165, 1.54) is 7.11 Å². The number of hydrogen-bond acceptors (Lipinski definition) is 4. The minimum Gasteiger partial charge on any atom is -0.506 e. The fraction of sp³-hybridized carbons (Fsp3) is 0.417. The van der Waals surface area contributed by atoms with E-state index in [-0.39, 0.29) is 17.1 Å². The van der Waals surface area contributed by atoms with Crippen molar-refractivity contribution in [3.63, 3.8) is 0 Å². The average Bonchev–Trinajstić information content (AvgIpc) is 2.71. The van der Waals surface area contributed by atoms with Gasteiger partial charge in [0.25, 0.3) is 0 Å². The summed E-state index contributed by atoms with van der Waals surface area (Å²) in [5.74, 6) is -0.550. The van der Waals surface area contributed by atoms with Crippen molar-refractivity contribution in [1.29, 1.82) is 0 Å². The molecule has 1 aliphatic rings. The van der Waals surface area contributed by atoms with Crippen LogP contribution < -0.4 is 0 Å². The molecular weight excluding hydrogens is 352 g/mol. The smallest absolute Gasteiger partial charge is 0.199 e. The third-order valence-electron chi connectivity index (χ3n) is 5.31. The van der Waals surface area contributed by atoms with Gasteiger partial charge in [0.15, 0.2) is 11.6 Å². The Morgan fingerprint density at radius 3 is 2.36 bits per heavy atom. The molecule has 2 rings (SSSR count). The molecule has 0 radical (unpaired) electrons. The number of carbonyl (C=O) groups excluding carboxylic acids is 2. The molecule has 0 bridgehead atoms. The number of rotatable bonds is 9. The summed E-state index contributed by atoms with van der Waals surface area (Å²) in [5.41, 5.74) is -0.105. The maximum Gasteiger partial charge on any atom is 0.199 e. The molecule has 28 heavy (non-hydrogen) atoms. The van der Waals surface area contributed by atoms with Gasteiger partial charge >= 0.3 is 0 Å². The van der Waals surface area contributed by atoms with Gasteiger partial charge in [-0.1, -0.05) is 63.1 Å². The number of Topliss-reactive ketones (excluding diaryl/α,β-unsaturated/α-hetero) is 2. The van der Waals surface area contributed by atoms with E-state index in [0.717, 1.165) is 12.8 Å². The first-order chi connectivity index (χ1) is 13.5. The van der Waals surface area contributed by atoms with E-state index in [1.807, 2.05) is 19.9 Å². The van der Waals surface area contributed by atoms with E-state index in [1.54, 1.807) is 30.3 Å². The molecule has 0 saturated heterocycles. The van der Waals surface area contributed by atoms with Crippen LogP contribution in [0.25, 0.3) is 5.76 Å². The van der Waals surface area contributed by atoms with E-state index < -0.39 is 11.2 Å². The second-order valence-corrected chi connectivity index (χ2v) is 7.17. The molecule has 0 spiro atoms. The molecule has 1 aromatic carbocycles. The van der Waals surface area contributed by atoms with Crippen molar-refractivity contribution in [2.24, 2.45) is 5.41 Å². The predicted molar refractivity (Wildman–Crippen MR) is 112 cm³/mol. The Bertz CT molecular complexity index is 801. The molecule has 1 N–H and O–H groups in total. The van der Waals surface area contributed by atoms with Crippen molar-refractivity contribution < 1.29 is 19.4 Å². The first-order valence-electron chi connectivity index (χ1n) is 9.95. The van der Waals surface area contributed by atoms with Gasteiger partial charge in [0, 0.05) is 11.1 Å². The number of carbonyl (C=O) groups is 2. The Balaban J connectivity index is 2.81. The zero-order valence-corrected chi connectivity index (χ0v) is 17.1. The number of hydrogen-bond donors (Lipinski definition) is 1. The lowest BCUT2D eigenvalue weighted by Crippen LogP contribution is -2.43. The minimum absolute atomic E-state index is 0.118. The molecule has 0 saturated carbocycles. The minimum atomic E-state index is -0.950. The molecule has 1 aromatic rings. The van der Waals surface area contributed by atoms with Crippen LogP contribution in [0.4, 0.5) is 0 Å². The Labute approximate surface area is 167 Å². The van der Waals surface area contributed by atoms with Gasteiger partial charge in [-0.15, -0.1) is 6.58 Å². The number of allylic oxidation sites excluding steroid dienone is 4. The summed E-state index contributed by atoms with van der Waals surface area (Å²) in [4.78, 5) is 27.0. The molecule has 0 aliphatic heterocycles. The van der Waals surface area contributed by atoms with Crippen LogP contribution in [0.15, 0.2) is 59.9 Å². The standard InChI is InChI=1S/C24H30O4/c1-5-8-16-24(15-7-3)22(27)19(20(25)17-13-10-9-11-14-17)21(26)18(12-6-2)23(24)28-4/h5,9-11,13-14,25H,1,6-8,12,15-16H2,2-4H3/b20-19+. The second-order valence-electron chi connectivity index (χ2n) is 7.17. The molecule has 4 nitrogen and oxygen atoms in total. The fourth-order valence-electron chi connectivity index (χ4n) is 4.09. The maximum atomic E-state index is 13.7. The fourth-order valence-corrected chi connectivity index (χ4v) is 4.09. The number of methoxy groups -OCH3 is 1. The highest BCUT2D eigenvalue weighted by Gasteiger charge is 2.51. The summed E-state index contributed by atoms with van der Waals surface area (Å²) in [6.45, 7) is 7.78. The highest BCUT2D eigenvalue weighted by atomic mass is 16.5. The third-order valence-corrected chi connectivity index (χ3v) is 5.31. The van der Waals surface area contributed by atoms with E-state index in [0.29, 0.717) is 42.6 Å². The van der Waals surface area contributed by atoms with Crippen LogP contribution in [0.2, 0.25) is 0 Å². The summed E-state index contributed by atoms with van der Waals surface area (Å²) in [5, 5.41) is 10.9. The van der Waals surface area contributed by atoms with Crippen LogP contribution in [0.5, 0.6) is 0 Å². The highest BCUT2D eigenvalue weighted by Crippen LogP contribution is 2.48. The lowest BCUT2D eigenvalue weighted by molar-refractivity contribution is -0.129. The van der Waals surface area contributed by atoms with Crippen LogP contribution in [-0.4, -0.2) is 23.8 Å². The van der Waals surface area contributed by atoms with E-state index >= 15 is 0 Å². The summed E-state index contributed by atoms with van der Waals surface area (Å²) >= 11 is 0. The van der Waals surface area contributed by atoms with Crippen molar-refractivity contribution in [1.82, 2.24) is 0 Å². The van der Waals surface area contributed by atoms with Gasteiger partial charge in [-0.2, -0.15) is 0 Å². The number of aliphatic hydroxyl groups excluding tert-OH is 1. The molecule has 0 aromatic heterocycles. The lowest BCUT2D eigenvalue weighted by atomic mass is 9.65. The van der Waals surface area contributed by atoms with Crippen LogP contribution in [0.1, 0.15) is 57.9 Å². The summed E-state index contributed by atoms with van der Waals surface area (Å²) in [7, 11) is 1.52. The Morgan fingerprint density at radius 1 is 1.14 bits per heavy atom. The van der Waals surface area contributed by atoms with Gasteiger partial charge in [0.1, 0.15) is 17.1 Å². The average molecular weight is 383 g/mol. The first-order valence-corrected chi connectivity index (χ1v) is 9.95. The third kappa shape index (κ3) is 3.82. The second kappa shape index (κ2) is 9.54. The van der Waals surface area contributed by atoms with E-state index in [9.17, 15) is 14.7 Å². The Kier molecular flexibility index (Phi) is 7.38. The van der Waals surface area contributed by atoms with Crippen LogP contribution in [0.3, 0.4) is 0 Å². The zero-order chi connectivity index (χ0) is 20.7. The first kappa shape index (κ1) is 21.7. The number of aliphatic hydroxyl groups is 1. The number of benzene rings is 1. The van der Waals surface area contributed by atoms with Crippen LogP contribution in [-0.2, 0) is 14.3 Å². The van der Waals surface area contributed by atoms with Crippen molar-refractivity contribution in [2.75, 3.05) is 7.11 Å². The lowest BCUT2D eigenvalue weighted by Gasteiger charge is -2.39. The monoisotopic (exact) mass is 382 g/mol. The van der Waals surface area contributed by atoms with Crippen LogP contribution >= 0.6 is 0 Å². The van der Waals surface area contributed by atoms with Crippen molar-refractivity contribution in [2.45, 2.75) is 52.4 Å². The molecule has 1 atom stereocenters. The van der Waals surface area contributed by atoms with Gasteiger partial charge in [0.2, 0.25) is 0 Å². The molecular formula is C24H30O4. The summed E-state index contributed by atoms with van der Waals surface area (Å²) in [6.07, 6.45) is 5.43. The van der Waals surface area contributed by atoms with Gasteiger partial charge < -0.3 is 9.84 Å². The molecule has 0 fully saturated rings. The summed E-state index contributed by atoms with van der Waals surface area (Å²) in [6, 6.07) is 8.75. The predicted octanol–water partition coefficient (Wildman–Crippen LogP) is 5.56. The SMILES string of the molecule is C=CCCC1(CCC)C(=O)/C(=C(/O)c2ccccc2)C(=O)C(CCC)=C1OC. The van der Waals surface area contributed by atoms with E-state index in [4.69, 9.17) is 4.74 Å². The van der Waals surface area contributed by atoms with E-state index in [2.05, 4.69) is 6.58 Å². The van der Waals surface area contributed by atoms with Gasteiger partial charge in [-0.3, -0.25) is 9.59 Å². The number of ether oxygens (including phenoxy) is 1. The topological polar surface area (TPSA) is 63.6 Å². The van der Waals surface area contributed by atoms with Crippen LogP contribution in [0, 0.1) is 5.41 Å². The zero-order valence-electron chi connectivity index (χ0n) is 17.1. The quantitative estimate of drug-likeness (QED) is 0.263. The summed E-state index contributed by atoms with van der Waals surface area (Å²) < 4.78 is 5.70. The van der Waals surface area contributed by atoms with Crippen molar-refractivity contribution in [3.8, 4) is 0 Å². The molecule has 4 heteroatoms. The molecule has 1 unspecified atom stereocenters. The largest absolute Gasteiger partial charge is 0.506 e. The highest BCUT2D eigenvalue weighted by molar-refractivity contribution is 6.33. The maximum absolute atomic E-state index is 13.7. The molecule has 0 heterocycles. The van der Waals surface area contributed by atoms with Gasteiger partial charge in [-0.25, -0.2) is 0 Å². The van der Waals surface area contributed by atoms with Gasteiger partial charge in [0.05, 0.1) is 12.5 Å². The van der Waals surface area contributed by atoms with Crippen molar-refractivity contribution in [3.05, 3.63) is 65.5 Å². The Hall–Kier alpha value is -2.62. The van der Waals surface area contributed by atoms with Gasteiger partial charge in [-0.05, 0) is 25.7 Å². The number of ketones is 2. The normalized spacial score (nSPS) is 21.7. The molecule has 1 aliphatic carbocycles. The molecule has 0 amide bonds. The molecule has 150 valence electrons. The Morgan fingerprint density at radius 2 is 1.82 bits per heavy atom. The van der Waals surface area contributed by atoms with Crippen molar-refractivity contribution >= 4 is 17.3 Å².